The minimum Gasteiger partial charge on any atom is -0.456 e. The first-order valence-electron chi connectivity index (χ1n) is 21.5. The van der Waals surface area contributed by atoms with Crippen molar-refractivity contribution in [3.63, 3.8) is 0 Å². The molecule has 0 N–H and O–H groups in total. The van der Waals surface area contributed by atoms with Crippen LogP contribution in [0.1, 0.15) is 0 Å². The molecule has 6 nitrogen and oxygen atoms in total. The van der Waals surface area contributed by atoms with Crippen molar-refractivity contribution in [2.75, 3.05) is 9.80 Å². The third-order valence-electron chi connectivity index (χ3n) is 12.8. The minimum atomic E-state index is 0.809. The number of furan rings is 4. The highest BCUT2D eigenvalue weighted by Crippen LogP contribution is 2.46. The summed E-state index contributed by atoms with van der Waals surface area (Å²) in [5.41, 5.74) is 12.6. The summed E-state index contributed by atoms with van der Waals surface area (Å²) in [7, 11) is 0. The lowest BCUT2D eigenvalue weighted by atomic mass is 10.0. The zero-order valence-electron chi connectivity index (χ0n) is 34.2. The molecule has 0 spiro atoms. The molecule has 0 aliphatic rings. The lowest BCUT2D eigenvalue weighted by molar-refractivity contribution is 0.667. The third kappa shape index (κ3) is 5.20. The van der Waals surface area contributed by atoms with E-state index >= 15 is 0 Å². The summed E-state index contributed by atoms with van der Waals surface area (Å²) < 4.78 is 26.5. The largest absolute Gasteiger partial charge is 0.456 e. The van der Waals surface area contributed by atoms with E-state index in [1.165, 1.54) is 0 Å². The van der Waals surface area contributed by atoms with Crippen LogP contribution in [0, 0.1) is 0 Å². The first kappa shape index (κ1) is 34.9. The topological polar surface area (TPSA) is 59.0 Å². The molecule has 0 bridgehead atoms. The highest BCUT2D eigenvalue weighted by molar-refractivity contribution is 6.17. The highest BCUT2D eigenvalue weighted by atomic mass is 16.3. The summed E-state index contributed by atoms with van der Waals surface area (Å²) in [4.78, 5) is 4.49. The Bertz CT molecular complexity index is 3890. The van der Waals surface area contributed by atoms with Gasteiger partial charge in [-0.15, -0.1) is 0 Å². The number of para-hydroxylation sites is 6. The third-order valence-corrected chi connectivity index (χ3v) is 12.8. The van der Waals surface area contributed by atoms with Gasteiger partial charge in [0.1, 0.15) is 33.5 Å². The van der Waals surface area contributed by atoms with E-state index in [0.717, 1.165) is 133 Å². The smallest absolute Gasteiger partial charge is 0.159 e. The zero-order chi connectivity index (χ0) is 41.9. The molecule has 6 heteroatoms. The normalized spacial score (nSPS) is 12.1. The molecule has 300 valence electrons. The van der Waals surface area contributed by atoms with Crippen molar-refractivity contribution in [2.45, 2.75) is 0 Å². The van der Waals surface area contributed by atoms with Crippen molar-refractivity contribution >= 4 is 133 Å². The molecule has 64 heavy (non-hydrogen) atoms. The lowest BCUT2D eigenvalue weighted by Gasteiger charge is -2.25. The molecular weight excluding hydrogens is 789 g/mol. The van der Waals surface area contributed by atoms with Crippen LogP contribution in [0.3, 0.4) is 0 Å². The van der Waals surface area contributed by atoms with Crippen LogP contribution in [0.4, 0.5) is 34.1 Å². The zero-order valence-corrected chi connectivity index (χ0v) is 34.2. The summed E-state index contributed by atoms with van der Waals surface area (Å²) >= 11 is 0. The predicted molar refractivity (Wildman–Crippen MR) is 262 cm³/mol. The van der Waals surface area contributed by atoms with Gasteiger partial charge in [0.05, 0.1) is 22.7 Å². The van der Waals surface area contributed by atoms with Crippen molar-refractivity contribution < 1.29 is 17.7 Å². The van der Waals surface area contributed by atoms with E-state index in [-0.39, 0.29) is 0 Å². The fourth-order valence-corrected chi connectivity index (χ4v) is 9.87. The molecule has 0 fully saturated rings. The predicted octanol–water partition coefficient (Wildman–Crippen LogP) is 17.4. The quantitative estimate of drug-likeness (QED) is 0.166. The van der Waals surface area contributed by atoms with Gasteiger partial charge in [0, 0.05) is 66.6 Å². The number of anilines is 6. The van der Waals surface area contributed by atoms with E-state index in [9.17, 15) is 0 Å². The van der Waals surface area contributed by atoms with Crippen LogP contribution in [0.2, 0.25) is 0 Å². The Morgan fingerprint density at radius 2 is 0.625 bits per heavy atom. The van der Waals surface area contributed by atoms with Gasteiger partial charge in [0.25, 0.3) is 0 Å². The molecule has 0 saturated carbocycles. The van der Waals surface area contributed by atoms with E-state index in [1.54, 1.807) is 0 Å². The number of fused-ring (bicyclic) bond motifs is 13. The number of hydrogen-bond donors (Lipinski definition) is 0. The van der Waals surface area contributed by atoms with Gasteiger partial charge >= 0.3 is 0 Å². The first-order valence-corrected chi connectivity index (χ1v) is 21.5. The van der Waals surface area contributed by atoms with E-state index < -0.39 is 0 Å². The van der Waals surface area contributed by atoms with Crippen LogP contribution >= 0.6 is 0 Å². The standard InChI is InChI=1S/C58H34N2O4/c1-3-13-37(14-4-1)59(49-21-11-19-45-41-17-7-9-23-51(41)63-57(45)49)39-25-27-43-47-29-35-32-54-48(30-36(35)31-53(47)61-55(43)33-39)44-28-26-40(34-56(44)62-54)60(38-15-5-2-6-16-38)50-22-12-20-46-42-18-8-10-24-52(42)64-58(46)50/h1-34H. The van der Waals surface area contributed by atoms with Crippen LogP contribution in [-0.4, -0.2) is 0 Å². The Labute approximate surface area is 364 Å². The summed E-state index contributed by atoms with van der Waals surface area (Å²) in [5, 5.41) is 10.7. The van der Waals surface area contributed by atoms with E-state index in [4.69, 9.17) is 17.7 Å². The van der Waals surface area contributed by atoms with Gasteiger partial charge in [-0.25, -0.2) is 0 Å². The van der Waals surface area contributed by atoms with Gasteiger partial charge < -0.3 is 27.5 Å². The fraction of sp³-hybridized carbons (Fsp3) is 0. The molecule has 4 heterocycles. The molecule has 14 aromatic rings. The fourth-order valence-electron chi connectivity index (χ4n) is 9.87. The number of rotatable bonds is 6. The second kappa shape index (κ2) is 13.4. The molecule has 0 radical (unpaired) electrons. The minimum absolute atomic E-state index is 0.809. The molecule has 0 unspecified atom stereocenters. The molecule has 14 rings (SSSR count). The maximum Gasteiger partial charge on any atom is 0.159 e. The van der Waals surface area contributed by atoms with Gasteiger partial charge in [0.15, 0.2) is 11.2 Å². The van der Waals surface area contributed by atoms with Crippen molar-refractivity contribution in [2.24, 2.45) is 0 Å². The van der Waals surface area contributed by atoms with E-state index in [1.807, 2.05) is 36.4 Å². The Kier molecular flexibility index (Phi) is 7.30. The Hall–Kier alpha value is -8.74. The Morgan fingerprint density at radius 3 is 1.09 bits per heavy atom. The van der Waals surface area contributed by atoms with Gasteiger partial charge in [-0.05, 0) is 108 Å². The monoisotopic (exact) mass is 822 g/mol. The van der Waals surface area contributed by atoms with Crippen LogP contribution < -0.4 is 9.80 Å². The lowest BCUT2D eigenvalue weighted by Crippen LogP contribution is -2.09. The number of benzene rings is 10. The van der Waals surface area contributed by atoms with Crippen LogP contribution in [-0.2, 0) is 0 Å². The van der Waals surface area contributed by atoms with Crippen molar-refractivity contribution in [3.8, 4) is 0 Å². The van der Waals surface area contributed by atoms with E-state index in [0.29, 0.717) is 0 Å². The van der Waals surface area contributed by atoms with Gasteiger partial charge in [-0.1, -0.05) is 97.1 Å². The average molecular weight is 823 g/mol. The van der Waals surface area contributed by atoms with Gasteiger partial charge in [0.2, 0.25) is 0 Å². The van der Waals surface area contributed by atoms with Crippen molar-refractivity contribution in [1.29, 1.82) is 0 Å². The van der Waals surface area contributed by atoms with Crippen LogP contribution in [0.25, 0.3) is 98.5 Å². The summed E-state index contributed by atoms with van der Waals surface area (Å²) in [6.45, 7) is 0. The van der Waals surface area contributed by atoms with Crippen LogP contribution in [0.5, 0.6) is 0 Å². The average Bonchev–Trinajstić information content (AvgIpc) is 4.11. The van der Waals surface area contributed by atoms with Crippen LogP contribution in [0.15, 0.2) is 224 Å². The summed E-state index contributed by atoms with van der Waals surface area (Å²) in [6.07, 6.45) is 0. The Balaban J connectivity index is 0.883. The van der Waals surface area contributed by atoms with Gasteiger partial charge in [-0.2, -0.15) is 0 Å². The van der Waals surface area contributed by atoms with Crippen molar-refractivity contribution in [3.05, 3.63) is 206 Å². The molecular formula is C58H34N2O4. The molecule has 0 atom stereocenters. The van der Waals surface area contributed by atoms with E-state index in [2.05, 4.69) is 180 Å². The maximum atomic E-state index is 6.73. The number of nitrogens with zero attached hydrogens (tertiary/aromatic N) is 2. The highest BCUT2D eigenvalue weighted by Gasteiger charge is 2.23. The molecule has 0 saturated heterocycles. The maximum absolute atomic E-state index is 6.73. The number of hydrogen-bond acceptors (Lipinski definition) is 6. The molecule has 0 aliphatic heterocycles. The second-order valence-electron chi connectivity index (χ2n) is 16.5. The molecule has 10 aromatic carbocycles. The molecule has 4 aromatic heterocycles. The summed E-state index contributed by atoms with van der Waals surface area (Å²) in [6, 6.07) is 71.7. The molecule has 0 amide bonds. The second-order valence-corrected chi connectivity index (χ2v) is 16.5. The summed E-state index contributed by atoms with van der Waals surface area (Å²) in [5.74, 6) is 0. The first-order chi connectivity index (χ1) is 31.7. The van der Waals surface area contributed by atoms with Gasteiger partial charge in [-0.3, -0.25) is 0 Å². The SMILES string of the molecule is c1ccc(N(c2ccc3c(c2)oc2cc4cc5c(cc4cc23)oc2cc(N(c3ccccc3)c3cccc4c3oc3ccccc34)ccc25)c2cccc3c2oc2ccccc23)cc1. The van der Waals surface area contributed by atoms with Crippen molar-refractivity contribution in [1.82, 2.24) is 0 Å². The molecule has 0 aliphatic carbocycles. The Morgan fingerprint density at radius 1 is 0.234 bits per heavy atom.